The fourth-order valence-electron chi connectivity index (χ4n) is 7.16. The molecule has 220 valence electrons. The second-order valence-corrected chi connectivity index (χ2v) is 18.1. The minimum absolute atomic E-state index is 0.105. The number of rotatable bonds is 13. The van der Waals surface area contributed by atoms with Gasteiger partial charge in [-0.05, 0) is 85.6 Å². The van der Waals surface area contributed by atoms with Crippen molar-refractivity contribution in [3.8, 4) is 0 Å². The Morgan fingerprint density at radius 2 is 1.82 bits per heavy atom. The number of hydrogen-bond donors (Lipinski definition) is 2. The first-order chi connectivity index (χ1) is 18.6. The molecule has 0 aromatic rings. The van der Waals surface area contributed by atoms with Gasteiger partial charge >= 0.3 is 0 Å². The maximum atomic E-state index is 10.2. The molecule has 0 heterocycles. The van der Waals surface area contributed by atoms with E-state index in [-0.39, 0.29) is 11.0 Å². The normalized spacial score (nSPS) is 30.4. The Kier molecular flexibility index (Phi) is 12.0. The van der Waals surface area contributed by atoms with Crippen molar-refractivity contribution < 1.29 is 14.6 Å². The van der Waals surface area contributed by atoms with Crippen LogP contribution in [0.5, 0.6) is 0 Å². The Balaban J connectivity index is 1.61. The number of fused-ring (bicyclic) bond motifs is 1. The lowest BCUT2D eigenvalue weighted by Gasteiger charge is -2.41. The van der Waals surface area contributed by atoms with Crippen molar-refractivity contribution in [3.05, 3.63) is 59.3 Å². The lowest BCUT2D eigenvalue weighted by Crippen LogP contribution is -2.46. The lowest BCUT2D eigenvalue weighted by atomic mass is 9.64. The van der Waals surface area contributed by atoms with Crippen LogP contribution in [-0.4, -0.2) is 47.8 Å². The smallest absolute Gasteiger partial charge is 0.193 e. The summed E-state index contributed by atoms with van der Waals surface area (Å²) in [5.41, 5.74) is 5.07. The first-order valence-electron chi connectivity index (χ1n) is 15.7. The van der Waals surface area contributed by atoms with E-state index < -0.39 is 20.5 Å². The standard InChI is InChI=1S/C34H56O3SSi/c1-8-34(9-2,37-39(10-3,11-4)12-5)21-14-22-38-25-29-18-19-31-27(15-13-20-33(29,31)7)16-17-28-23-30(35)24-32(36)26(28)6/h14,16-18,21,30-32,35-36H,6,8-13,15,19-20,22-25H2,1-5,7H3/t30-,31+,32+,33-/m1/s1. The van der Waals surface area contributed by atoms with Gasteiger partial charge in [0.05, 0.1) is 17.8 Å². The summed E-state index contributed by atoms with van der Waals surface area (Å²) in [7, 11) is -1.66. The van der Waals surface area contributed by atoms with E-state index in [1.807, 2.05) is 11.8 Å². The third kappa shape index (κ3) is 7.51. The molecule has 0 aliphatic heterocycles. The highest BCUT2D eigenvalue weighted by Crippen LogP contribution is 2.55. The maximum absolute atomic E-state index is 10.2. The minimum Gasteiger partial charge on any atom is -0.408 e. The van der Waals surface area contributed by atoms with E-state index in [9.17, 15) is 10.2 Å². The predicted octanol–water partition coefficient (Wildman–Crippen LogP) is 8.92. The molecule has 39 heavy (non-hydrogen) atoms. The maximum Gasteiger partial charge on any atom is 0.193 e. The molecular weight excluding hydrogens is 517 g/mol. The lowest BCUT2D eigenvalue weighted by molar-refractivity contribution is 0.0862. The molecule has 0 bridgehead atoms. The van der Waals surface area contributed by atoms with Gasteiger partial charge in [-0.15, -0.1) is 0 Å². The predicted molar refractivity (Wildman–Crippen MR) is 173 cm³/mol. The molecule has 0 aromatic heterocycles. The molecule has 0 spiro atoms. The Morgan fingerprint density at radius 3 is 2.46 bits per heavy atom. The molecule has 0 aromatic carbocycles. The van der Waals surface area contributed by atoms with Crippen LogP contribution in [0.15, 0.2) is 59.3 Å². The molecule has 3 nitrogen and oxygen atoms in total. The Labute approximate surface area is 245 Å². The molecule has 5 heteroatoms. The van der Waals surface area contributed by atoms with Crippen molar-refractivity contribution in [2.45, 2.75) is 129 Å². The van der Waals surface area contributed by atoms with Crippen LogP contribution >= 0.6 is 11.8 Å². The van der Waals surface area contributed by atoms with Crippen molar-refractivity contribution >= 4 is 20.1 Å². The quantitative estimate of drug-likeness (QED) is 0.131. The van der Waals surface area contributed by atoms with Crippen LogP contribution in [-0.2, 0) is 4.43 Å². The van der Waals surface area contributed by atoms with Gasteiger partial charge in [-0.2, -0.15) is 11.8 Å². The summed E-state index contributed by atoms with van der Waals surface area (Å²) in [4.78, 5) is 0. The molecule has 0 amide bonds. The van der Waals surface area contributed by atoms with Gasteiger partial charge in [0.1, 0.15) is 0 Å². The molecule has 2 N–H and O–H groups in total. The van der Waals surface area contributed by atoms with Gasteiger partial charge in [-0.3, -0.25) is 0 Å². The van der Waals surface area contributed by atoms with Crippen LogP contribution in [0.4, 0.5) is 0 Å². The third-order valence-electron chi connectivity index (χ3n) is 10.4. The monoisotopic (exact) mass is 572 g/mol. The van der Waals surface area contributed by atoms with Crippen LogP contribution < -0.4 is 0 Å². The van der Waals surface area contributed by atoms with Crippen molar-refractivity contribution in [1.82, 2.24) is 0 Å². The molecule has 0 unspecified atom stereocenters. The summed E-state index contributed by atoms with van der Waals surface area (Å²) in [5.74, 6) is 2.70. The number of aliphatic hydroxyl groups excluding tert-OH is 2. The fourth-order valence-corrected chi connectivity index (χ4v) is 11.3. The van der Waals surface area contributed by atoms with Crippen molar-refractivity contribution in [1.29, 1.82) is 0 Å². The van der Waals surface area contributed by atoms with E-state index in [1.54, 1.807) is 5.57 Å². The molecule has 0 radical (unpaired) electrons. The number of aliphatic hydroxyl groups is 2. The first kappa shape index (κ1) is 32.7. The summed E-state index contributed by atoms with van der Waals surface area (Å²) in [5, 5.41) is 20.3. The molecule has 2 fully saturated rings. The van der Waals surface area contributed by atoms with Gasteiger partial charge in [0.2, 0.25) is 0 Å². The van der Waals surface area contributed by atoms with Crippen LogP contribution in [0, 0.1) is 11.3 Å². The fraction of sp³-hybridized carbons (Fsp3) is 0.706. The van der Waals surface area contributed by atoms with Gasteiger partial charge in [0.15, 0.2) is 8.32 Å². The highest BCUT2D eigenvalue weighted by molar-refractivity contribution is 7.99. The van der Waals surface area contributed by atoms with Crippen molar-refractivity contribution in [2.75, 3.05) is 11.5 Å². The van der Waals surface area contributed by atoms with Crippen LogP contribution in [0.2, 0.25) is 18.1 Å². The van der Waals surface area contributed by atoms with Crippen LogP contribution in [0.3, 0.4) is 0 Å². The number of thioether (sulfide) groups is 1. The first-order valence-corrected chi connectivity index (χ1v) is 19.4. The highest BCUT2D eigenvalue weighted by Gasteiger charge is 2.44. The van der Waals surface area contributed by atoms with Gasteiger partial charge in [0, 0.05) is 17.9 Å². The summed E-state index contributed by atoms with van der Waals surface area (Å²) >= 11 is 2.04. The number of allylic oxidation sites excluding steroid dienone is 4. The van der Waals surface area contributed by atoms with E-state index in [0.717, 1.165) is 48.3 Å². The molecular formula is C34H56O3SSi. The SMILES string of the molecule is C=C1C(=CC=C2CCC[C@]3(C)C(CSCC=CC(CC)(CC)O[Si](CC)(CC)CC)=CC[C@@H]23)C[C@@H](O)C[C@@H]1O. The minimum atomic E-state index is -1.66. The van der Waals surface area contributed by atoms with Gasteiger partial charge in [-0.25, -0.2) is 0 Å². The second kappa shape index (κ2) is 14.4. The largest absolute Gasteiger partial charge is 0.408 e. The Hall–Kier alpha value is -0.853. The van der Waals surface area contributed by atoms with E-state index >= 15 is 0 Å². The van der Waals surface area contributed by atoms with Gasteiger partial charge < -0.3 is 14.6 Å². The second-order valence-electron chi connectivity index (χ2n) is 12.4. The Morgan fingerprint density at radius 1 is 1.13 bits per heavy atom. The van der Waals surface area contributed by atoms with Gasteiger partial charge in [0.25, 0.3) is 0 Å². The summed E-state index contributed by atoms with van der Waals surface area (Å²) in [6.07, 6.45) is 18.5. The average molecular weight is 573 g/mol. The zero-order chi connectivity index (χ0) is 28.7. The van der Waals surface area contributed by atoms with Crippen LogP contribution in [0.1, 0.15) is 92.9 Å². The van der Waals surface area contributed by atoms with E-state index in [1.165, 1.54) is 36.5 Å². The molecule has 3 aliphatic carbocycles. The zero-order valence-electron chi connectivity index (χ0n) is 25.7. The molecule has 4 atom stereocenters. The van der Waals surface area contributed by atoms with E-state index in [0.29, 0.717) is 18.8 Å². The zero-order valence-corrected chi connectivity index (χ0v) is 27.5. The molecule has 3 rings (SSSR count). The molecule has 2 saturated carbocycles. The van der Waals surface area contributed by atoms with Crippen LogP contribution in [0.25, 0.3) is 0 Å². The van der Waals surface area contributed by atoms with E-state index in [4.69, 9.17) is 4.43 Å². The highest BCUT2D eigenvalue weighted by atomic mass is 32.2. The van der Waals surface area contributed by atoms with Crippen molar-refractivity contribution in [2.24, 2.45) is 11.3 Å². The number of hydrogen-bond acceptors (Lipinski definition) is 4. The topological polar surface area (TPSA) is 49.7 Å². The molecule has 3 aliphatic rings. The molecule has 0 saturated heterocycles. The summed E-state index contributed by atoms with van der Waals surface area (Å²) in [6, 6.07) is 3.60. The van der Waals surface area contributed by atoms with Crippen molar-refractivity contribution in [3.63, 3.8) is 0 Å². The average Bonchev–Trinajstić information content (AvgIpc) is 3.28. The Bertz CT molecular complexity index is 947. The third-order valence-corrected chi connectivity index (χ3v) is 16.1. The van der Waals surface area contributed by atoms with Gasteiger partial charge in [-0.1, -0.05) is 89.6 Å². The summed E-state index contributed by atoms with van der Waals surface area (Å²) < 4.78 is 7.02. The van der Waals surface area contributed by atoms with E-state index in [2.05, 4.69) is 78.5 Å². The summed E-state index contributed by atoms with van der Waals surface area (Å²) in [6.45, 7) is 18.1.